The van der Waals surface area contributed by atoms with Gasteiger partial charge in [0.15, 0.2) is 5.69 Å². The number of aromatic amines is 1. The van der Waals surface area contributed by atoms with Crippen molar-refractivity contribution in [1.82, 2.24) is 24.7 Å². The third kappa shape index (κ3) is 3.73. The van der Waals surface area contributed by atoms with Gasteiger partial charge in [-0.15, -0.1) is 12.4 Å². The van der Waals surface area contributed by atoms with Gasteiger partial charge in [0.05, 0.1) is 4.90 Å². The lowest BCUT2D eigenvalue weighted by Gasteiger charge is -2.33. The number of halogens is 1. The Labute approximate surface area is 164 Å². The van der Waals surface area contributed by atoms with E-state index >= 15 is 0 Å². The lowest BCUT2D eigenvalue weighted by Crippen LogP contribution is -2.50. The normalized spacial score (nSPS) is 17.9. The number of nitrogens with one attached hydrogen (secondary N) is 2. The first-order valence-corrected chi connectivity index (χ1v) is 10.1. The van der Waals surface area contributed by atoms with Crippen molar-refractivity contribution in [3.63, 3.8) is 0 Å². The maximum Gasteiger partial charge on any atom is 0.274 e. The number of hydrogen-bond acceptors (Lipinski definition) is 5. The van der Waals surface area contributed by atoms with Crippen molar-refractivity contribution in [1.29, 1.82) is 0 Å². The first-order valence-electron chi connectivity index (χ1n) is 8.68. The molecule has 1 aromatic carbocycles. The molecule has 8 nitrogen and oxygen atoms in total. The number of hydrogen-bond donors (Lipinski definition) is 2. The van der Waals surface area contributed by atoms with Crippen molar-refractivity contribution in [2.75, 3.05) is 32.7 Å². The summed E-state index contributed by atoms with van der Waals surface area (Å²) in [5.41, 5.74) is 2.39. The average molecular weight is 412 g/mol. The van der Waals surface area contributed by atoms with Crippen LogP contribution in [0.5, 0.6) is 0 Å². The van der Waals surface area contributed by atoms with Crippen molar-refractivity contribution in [3.8, 4) is 0 Å². The van der Waals surface area contributed by atoms with Gasteiger partial charge in [-0.2, -0.15) is 9.40 Å². The minimum absolute atomic E-state index is 0. The molecule has 0 radical (unpaired) electrons. The highest BCUT2D eigenvalue weighted by molar-refractivity contribution is 7.89. The van der Waals surface area contributed by atoms with E-state index in [1.807, 2.05) is 0 Å². The maximum absolute atomic E-state index is 12.8. The van der Waals surface area contributed by atoms with E-state index in [9.17, 15) is 13.2 Å². The molecule has 2 aliphatic heterocycles. The smallest absolute Gasteiger partial charge is 0.274 e. The van der Waals surface area contributed by atoms with Crippen LogP contribution in [0.3, 0.4) is 0 Å². The molecule has 3 heterocycles. The number of carbonyl (C=O) groups excluding carboxylic acids is 1. The summed E-state index contributed by atoms with van der Waals surface area (Å²) in [4.78, 5) is 14.8. The summed E-state index contributed by atoms with van der Waals surface area (Å²) in [6.07, 6.45) is 0.832. The minimum atomic E-state index is -3.52. The number of piperazine rings is 1. The van der Waals surface area contributed by atoms with Crippen LogP contribution in [-0.4, -0.2) is 66.5 Å². The Kier molecular flexibility index (Phi) is 5.85. The van der Waals surface area contributed by atoms with Gasteiger partial charge in [0, 0.05) is 56.9 Å². The van der Waals surface area contributed by atoms with E-state index in [0.29, 0.717) is 25.3 Å². The highest BCUT2D eigenvalue weighted by Gasteiger charge is 2.32. The number of nitrogens with zero attached hydrogens (tertiary/aromatic N) is 3. The van der Waals surface area contributed by atoms with Crippen LogP contribution in [0.2, 0.25) is 0 Å². The summed E-state index contributed by atoms with van der Waals surface area (Å²) in [7, 11) is -3.52. The molecule has 2 N–H and O–H groups in total. The summed E-state index contributed by atoms with van der Waals surface area (Å²) in [6, 6.07) is 8.39. The first kappa shape index (κ1) is 19.8. The largest absolute Gasteiger partial charge is 0.335 e. The molecule has 0 spiro atoms. The monoisotopic (exact) mass is 411 g/mol. The number of amides is 1. The Balaban J connectivity index is 0.00000210. The van der Waals surface area contributed by atoms with Crippen LogP contribution < -0.4 is 5.32 Å². The molecule has 0 bridgehead atoms. The third-order valence-electron chi connectivity index (χ3n) is 4.92. The molecule has 1 fully saturated rings. The van der Waals surface area contributed by atoms with Crippen molar-refractivity contribution in [3.05, 3.63) is 47.3 Å². The average Bonchev–Trinajstić information content (AvgIpc) is 3.12. The molecular weight excluding hydrogens is 390 g/mol. The summed E-state index contributed by atoms with van der Waals surface area (Å²) in [6.45, 7) is 2.80. The predicted molar refractivity (Wildman–Crippen MR) is 102 cm³/mol. The van der Waals surface area contributed by atoms with Gasteiger partial charge in [-0.25, -0.2) is 8.42 Å². The van der Waals surface area contributed by atoms with Gasteiger partial charge in [0.1, 0.15) is 0 Å². The number of H-pyrrole nitrogens is 1. The van der Waals surface area contributed by atoms with E-state index in [2.05, 4.69) is 15.5 Å². The van der Waals surface area contributed by atoms with Crippen molar-refractivity contribution in [2.24, 2.45) is 0 Å². The van der Waals surface area contributed by atoms with Gasteiger partial charge >= 0.3 is 0 Å². The molecule has 4 rings (SSSR count). The van der Waals surface area contributed by atoms with Gasteiger partial charge in [-0.05, 0) is 12.1 Å². The van der Waals surface area contributed by atoms with Crippen LogP contribution in [0.4, 0.5) is 0 Å². The van der Waals surface area contributed by atoms with Gasteiger partial charge in [-0.3, -0.25) is 9.89 Å². The second kappa shape index (κ2) is 7.97. The molecule has 0 atom stereocenters. The van der Waals surface area contributed by atoms with E-state index < -0.39 is 10.0 Å². The van der Waals surface area contributed by atoms with E-state index in [0.717, 1.165) is 24.2 Å². The van der Waals surface area contributed by atoms with E-state index in [-0.39, 0.29) is 36.3 Å². The fraction of sp³-hybridized carbons (Fsp3) is 0.412. The fourth-order valence-corrected chi connectivity index (χ4v) is 4.87. The molecule has 1 aromatic heterocycles. The summed E-state index contributed by atoms with van der Waals surface area (Å²) >= 11 is 0. The van der Waals surface area contributed by atoms with Gasteiger partial charge in [0.25, 0.3) is 5.91 Å². The highest BCUT2D eigenvalue weighted by atomic mass is 35.5. The van der Waals surface area contributed by atoms with Crippen molar-refractivity contribution in [2.45, 2.75) is 17.9 Å². The Morgan fingerprint density at radius 1 is 1.07 bits per heavy atom. The van der Waals surface area contributed by atoms with Crippen LogP contribution >= 0.6 is 12.4 Å². The molecule has 0 unspecified atom stereocenters. The number of carbonyl (C=O) groups is 1. The third-order valence-corrected chi connectivity index (χ3v) is 6.83. The van der Waals surface area contributed by atoms with Crippen LogP contribution in [0.1, 0.15) is 21.7 Å². The quantitative estimate of drug-likeness (QED) is 0.771. The minimum Gasteiger partial charge on any atom is -0.335 e. The molecule has 2 aromatic rings. The lowest BCUT2D eigenvalue weighted by molar-refractivity contribution is 0.0690. The number of fused-ring (bicyclic) bond motifs is 1. The van der Waals surface area contributed by atoms with Crippen LogP contribution in [0.15, 0.2) is 35.2 Å². The van der Waals surface area contributed by atoms with Gasteiger partial charge in [0.2, 0.25) is 10.0 Å². The van der Waals surface area contributed by atoms with Crippen LogP contribution in [0, 0.1) is 0 Å². The highest BCUT2D eigenvalue weighted by Crippen LogP contribution is 2.20. The zero-order valence-corrected chi connectivity index (χ0v) is 16.4. The number of aromatic nitrogens is 2. The maximum atomic E-state index is 12.8. The van der Waals surface area contributed by atoms with E-state index in [1.165, 1.54) is 4.31 Å². The zero-order valence-electron chi connectivity index (χ0n) is 14.7. The SMILES string of the molecule is Cl.O=C(c1n[nH]c2c1CNCC2)N1CCN(S(=O)(=O)c2ccccc2)CC1. The molecule has 0 aliphatic carbocycles. The predicted octanol–water partition coefficient (Wildman–Crippen LogP) is 0.624. The van der Waals surface area contributed by atoms with Crippen molar-refractivity contribution >= 4 is 28.3 Å². The van der Waals surface area contributed by atoms with Gasteiger partial charge in [-0.1, -0.05) is 18.2 Å². The molecule has 1 saturated heterocycles. The fourth-order valence-electron chi connectivity index (χ4n) is 3.42. The van der Waals surface area contributed by atoms with E-state index in [4.69, 9.17) is 0 Å². The Bertz CT molecular complexity index is 908. The molecule has 1 amide bonds. The number of rotatable bonds is 3. The van der Waals surface area contributed by atoms with E-state index in [1.54, 1.807) is 35.2 Å². The van der Waals surface area contributed by atoms with Crippen LogP contribution in [-0.2, 0) is 23.0 Å². The summed E-state index contributed by atoms with van der Waals surface area (Å²) in [5, 5.41) is 10.4. The second-order valence-corrected chi connectivity index (χ2v) is 8.40. The molecule has 146 valence electrons. The zero-order chi connectivity index (χ0) is 18.1. The number of sulfonamides is 1. The molecule has 0 saturated carbocycles. The first-order chi connectivity index (χ1) is 12.6. The molecular formula is C17H22ClN5O3S. The Morgan fingerprint density at radius 3 is 2.48 bits per heavy atom. The van der Waals surface area contributed by atoms with Gasteiger partial charge < -0.3 is 10.2 Å². The number of benzene rings is 1. The molecule has 10 heteroatoms. The summed E-state index contributed by atoms with van der Waals surface area (Å²) < 4.78 is 26.8. The molecule has 27 heavy (non-hydrogen) atoms. The van der Waals surface area contributed by atoms with Crippen LogP contribution in [0.25, 0.3) is 0 Å². The Hall–Kier alpha value is -1.94. The Morgan fingerprint density at radius 2 is 1.78 bits per heavy atom. The topological polar surface area (TPSA) is 98.4 Å². The molecule has 2 aliphatic rings. The second-order valence-electron chi connectivity index (χ2n) is 6.47. The summed E-state index contributed by atoms with van der Waals surface area (Å²) in [5.74, 6) is -0.136. The standard InChI is InChI=1S/C17H21N5O3S.ClH/c23-17(16-14-12-18-7-6-15(14)19-20-16)21-8-10-22(11-9-21)26(24,25)13-4-2-1-3-5-13;/h1-5,18H,6-12H2,(H,19,20);1H. The lowest BCUT2D eigenvalue weighted by atomic mass is 10.1. The van der Waals surface area contributed by atoms with Crippen molar-refractivity contribution < 1.29 is 13.2 Å².